The number of hydrogen-bond donors (Lipinski definition) is 2. The van der Waals surface area contributed by atoms with E-state index in [1.165, 1.54) is 0 Å². The minimum atomic E-state index is -0.690. The van der Waals surface area contributed by atoms with Gasteiger partial charge < -0.3 is 19.6 Å². The van der Waals surface area contributed by atoms with Crippen molar-refractivity contribution in [1.29, 1.82) is 0 Å². The lowest BCUT2D eigenvalue weighted by Gasteiger charge is -2.09. The van der Waals surface area contributed by atoms with Crippen LogP contribution in [0.5, 0.6) is 0 Å². The second-order valence-corrected chi connectivity index (χ2v) is 7.65. The third kappa shape index (κ3) is 4.12. The highest BCUT2D eigenvalue weighted by atomic mass is 16.6. The van der Waals surface area contributed by atoms with E-state index < -0.39 is 18.7 Å². The van der Waals surface area contributed by atoms with Crippen LogP contribution in [0.25, 0.3) is 33.1 Å². The summed E-state index contributed by atoms with van der Waals surface area (Å²) >= 11 is 0. The molecule has 0 radical (unpaired) electrons. The van der Waals surface area contributed by atoms with E-state index in [4.69, 9.17) is 9.84 Å². The van der Waals surface area contributed by atoms with Gasteiger partial charge in [0.05, 0.1) is 16.8 Å². The SMILES string of the molecule is O=C(OCO)c1ccc(-c2nc(C(=O)OCc3ccccc3)cc3c2[nH]c2ccccc23)cc1. The van der Waals surface area contributed by atoms with Crippen LogP contribution in [-0.2, 0) is 16.1 Å². The molecule has 34 heavy (non-hydrogen) atoms. The fourth-order valence-electron chi connectivity index (χ4n) is 3.86. The molecule has 2 N–H and O–H groups in total. The van der Waals surface area contributed by atoms with E-state index in [1.54, 1.807) is 30.3 Å². The summed E-state index contributed by atoms with van der Waals surface area (Å²) in [6.07, 6.45) is 0. The minimum absolute atomic E-state index is 0.143. The molecule has 0 atom stereocenters. The molecule has 0 spiro atoms. The molecule has 0 saturated heterocycles. The van der Waals surface area contributed by atoms with Gasteiger partial charge in [-0.3, -0.25) is 0 Å². The van der Waals surface area contributed by atoms with Crippen LogP contribution in [-0.4, -0.2) is 33.8 Å². The number of aromatic amines is 1. The largest absolute Gasteiger partial charge is 0.456 e. The number of aliphatic hydroxyl groups excluding tert-OH is 1. The van der Waals surface area contributed by atoms with E-state index in [9.17, 15) is 9.59 Å². The third-order valence-corrected chi connectivity index (χ3v) is 5.51. The normalized spacial score (nSPS) is 11.0. The molecule has 3 aromatic carbocycles. The summed E-state index contributed by atoms with van der Waals surface area (Å²) in [5.74, 6) is -1.16. The number of benzene rings is 3. The van der Waals surface area contributed by atoms with Gasteiger partial charge in [-0.15, -0.1) is 0 Å². The highest BCUT2D eigenvalue weighted by Gasteiger charge is 2.18. The lowest BCUT2D eigenvalue weighted by molar-refractivity contribution is 0.00681. The Bertz CT molecular complexity index is 1490. The van der Waals surface area contributed by atoms with Gasteiger partial charge in [-0.2, -0.15) is 0 Å². The Morgan fingerprint density at radius 1 is 0.824 bits per heavy atom. The van der Waals surface area contributed by atoms with Crippen LogP contribution < -0.4 is 0 Å². The first kappa shape index (κ1) is 21.4. The molecule has 5 rings (SSSR count). The summed E-state index contributed by atoms with van der Waals surface area (Å²) < 4.78 is 10.2. The van der Waals surface area contributed by atoms with Crippen molar-refractivity contribution in [2.24, 2.45) is 0 Å². The smallest absolute Gasteiger partial charge is 0.357 e. The Hall–Kier alpha value is -4.49. The Balaban J connectivity index is 1.57. The Kier molecular flexibility index (Phi) is 5.76. The summed E-state index contributed by atoms with van der Waals surface area (Å²) in [7, 11) is 0. The second kappa shape index (κ2) is 9.17. The number of ether oxygens (including phenoxy) is 2. The van der Waals surface area contributed by atoms with Crippen LogP contribution in [0.2, 0.25) is 0 Å². The van der Waals surface area contributed by atoms with Gasteiger partial charge in [-0.05, 0) is 29.8 Å². The van der Waals surface area contributed by atoms with E-state index in [2.05, 4.69) is 14.7 Å². The maximum Gasteiger partial charge on any atom is 0.357 e. The van der Waals surface area contributed by atoms with Crippen molar-refractivity contribution < 1.29 is 24.2 Å². The molecule has 168 valence electrons. The van der Waals surface area contributed by atoms with E-state index in [1.807, 2.05) is 54.6 Å². The lowest BCUT2D eigenvalue weighted by Crippen LogP contribution is -2.08. The monoisotopic (exact) mass is 452 g/mol. The molecular formula is C27H20N2O5. The van der Waals surface area contributed by atoms with Crippen molar-refractivity contribution in [3.63, 3.8) is 0 Å². The molecule has 0 saturated carbocycles. The van der Waals surface area contributed by atoms with Crippen molar-refractivity contribution in [2.75, 3.05) is 6.79 Å². The van der Waals surface area contributed by atoms with Crippen LogP contribution >= 0.6 is 0 Å². The molecule has 2 aromatic heterocycles. The minimum Gasteiger partial charge on any atom is -0.456 e. The summed E-state index contributed by atoms with van der Waals surface area (Å²) in [6.45, 7) is -0.546. The van der Waals surface area contributed by atoms with Gasteiger partial charge >= 0.3 is 11.9 Å². The third-order valence-electron chi connectivity index (χ3n) is 5.51. The maximum atomic E-state index is 12.9. The van der Waals surface area contributed by atoms with Gasteiger partial charge in [0, 0.05) is 21.9 Å². The van der Waals surface area contributed by atoms with E-state index >= 15 is 0 Å². The number of nitrogens with zero attached hydrogens (tertiary/aromatic N) is 1. The number of esters is 2. The summed E-state index contributed by atoms with van der Waals surface area (Å²) in [5, 5.41) is 10.6. The van der Waals surface area contributed by atoms with Gasteiger partial charge in [0.2, 0.25) is 0 Å². The van der Waals surface area contributed by atoms with Crippen molar-refractivity contribution in [1.82, 2.24) is 9.97 Å². The number of carbonyl (C=O) groups excluding carboxylic acids is 2. The number of hydrogen-bond acceptors (Lipinski definition) is 6. The van der Waals surface area contributed by atoms with Crippen LogP contribution in [0.4, 0.5) is 0 Å². The first-order valence-electron chi connectivity index (χ1n) is 10.6. The predicted molar refractivity (Wildman–Crippen MR) is 127 cm³/mol. The van der Waals surface area contributed by atoms with Crippen LogP contribution in [0.3, 0.4) is 0 Å². The maximum absolute atomic E-state index is 12.9. The number of nitrogens with one attached hydrogen (secondary N) is 1. The summed E-state index contributed by atoms with van der Waals surface area (Å²) in [5.41, 5.74) is 4.31. The number of H-pyrrole nitrogens is 1. The Morgan fingerprint density at radius 3 is 2.32 bits per heavy atom. The highest BCUT2D eigenvalue weighted by molar-refractivity contribution is 6.12. The molecule has 0 unspecified atom stereocenters. The van der Waals surface area contributed by atoms with Crippen LogP contribution in [0.15, 0.2) is 84.9 Å². The van der Waals surface area contributed by atoms with Gasteiger partial charge in [0.1, 0.15) is 12.3 Å². The fraction of sp³-hybridized carbons (Fsp3) is 0.0741. The Labute approximate surface area is 194 Å². The summed E-state index contributed by atoms with van der Waals surface area (Å²) in [6, 6.07) is 25.6. The van der Waals surface area contributed by atoms with E-state index in [-0.39, 0.29) is 12.3 Å². The van der Waals surface area contributed by atoms with Crippen molar-refractivity contribution in [2.45, 2.75) is 6.61 Å². The first-order valence-corrected chi connectivity index (χ1v) is 10.6. The van der Waals surface area contributed by atoms with Crippen LogP contribution in [0, 0.1) is 0 Å². The first-order chi connectivity index (χ1) is 16.6. The topological polar surface area (TPSA) is 102 Å². The number of carbonyl (C=O) groups is 2. The zero-order valence-corrected chi connectivity index (χ0v) is 18.0. The molecule has 7 nitrogen and oxygen atoms in total. The average molecular weight is 452 g/mol. The number of rotatable bonds is 6. The number of para-hydroxylation sites is 1. The van der Waals surface area contributed by atoms with Gasteiger partial charge in [-0.1, -0.05) is 60.7 Å². The fourth-order valence-corrected chi connectivity index (χ4v) is 3.86. The molecule has 2 heterocycles. The molecule has 0 aliphatic carbocycles. The molecule has 0 aliphatic heterocycles. The molecule has 7 heteroatoms. The zero-order chi connectivity index (χ0) is 23.5. The van der Waals surface area contributed by atoms with Crippen molar-refractivity contribution >= 4 is 33.7 Å². The molecule has 0 bridgehead atoms. The number of fused-ring (bicyclic) bond motifs is 3. The van der Waals surface area contributed by atoms with Crippen LogP contribution in [0.1, 0.15) is 26.4 Å². The quantitative estimate of drug-likeness (QED) is 0.282. The number of aromatic nitrogens is 2. The van der Waals surface area contributed by atoms with Gasteiger partial charge in [0.15, 0.2) is 6.79 Å². The number of pyridine rings is 1. The van der Waals surface area contributed by atoms with Gasteiger partial charge in [-0.25, -0.2) is 14.6 Å². The van der Waals surface area contributed by atoms with Crippen molar-refractivity contribution in [3.05, 3.63) is 102 Å². The molecule has 5 aromatic rings. The van der Waals surface area contributed by atoms with E-state index in [0.717, 1.165) is 27.4 Å². The molecule has 0 aliphatic rings. The van der Waals surface area contributed by atoms with Crippen molar-refractivity contribution in [3.8, 4) is 11.3 Å². The Morgan fingerprint density at radius 2 is 1.56 bits per heavy atom. The average Bonchev–Trinajstić information content (AvgIpc) is 3.26. The standard InChI is InChI=1S/C27H20N2O5/c30-16-34-26(31)19-12-10-18(11-13-19)24-25-21(20-8-4-5-9-22(20)28-25)14-23(29-24)27(32)33-15-17-6-2-1-3-7-17/h1-14,28,30H,15-16H2. The molecule has 0 fully saturated rings. The predicted octanol–water partition coefficient (Wildman–Crippen LogP) is 4.85. The lowest BCUT2D eigenvalue weighted by atomic mass is 10.0. The molecular weight excluding hydrogens is 432 g/mol. The second-order valence-electron chi connectivity index (χ2n) is 7.65. The zero-order valence-electron chi connectivity index (χ0n) is 18.0. The highest BCUT2D eigenvalue weighted by Crippen LogP contribution is 2.33. The molecule has 0 amide bonds. The van der Waals surface area contributed by atoms with Gasteiger partial charge in [0.25, 0.3) is 0 Å². The number of aliphatic hydroxyl groups is 1. The summed E-state index contributed by atoms with van der Waals surface area (Å²) in [4.78, 5) is 32.8. The van der Waals surface area contributed by atoms with E-state index in [0.29, 0.717) is 16.8 Å².